The van der Waals surface area contributed by atoms with E-state index in [0.29, 0.717) is 19.3 Å². The molecule has 5 heteroatoms. The highest BCUT2D eigenvalue weighted by Gasteiger charge is 2.28. The molecule has 2 aromatic carbocycles. The molecule has 0 unspecified atom stereocenters. The fourth-order valence-corrected chi connectivity index (χ4v) is 2.82. The average molecular weight is 350 g/mol. The first kappa shape index (κ1) is 19.2. The summed E-state index contributed by atoms with van der Waals surface area (Å²) in [5.41, 5.74) is 1.69. The molecule has 2 aromatic rings. The lowest BCUT2D eigenvalue weighted by atomic mass is 9.90. The second-order valence-electron chi connectivity index (χ2n) is 5.89. The third kappa shape index (κ3) is 5.18. The summed E-state index contributed by atoms with van der Waals surface area (Å²) in [6.45, 7) is 0. The Balaban J connectivity index is 2.25. The largest absolute Gasteiger partial charge is 0.467 e. The van der Waals surface area contributed by atoms with Gasteiger partial charge in [-0.1, -0.05) is 60.7 Å². The van der Waals surface area contributed by atoms with Crippen molar-refractivity contribution in [2.45, 2.75) is 31.2 Å². The summed E-state index contributed by atoms with van der Waals surface area (Å²) in [7, 11) is 1.29. The van der Waals surface area contributed by atoms with Crippen molar-refractivity contribution in [3.8, 4) is 6.07 Å². The van der Waals surface area contributed by atoms with E-state index in [2.05, 4.69) is 5.32 Å². The summed E-state index contributed by atoms with van der Waals surface area (Å²) in [6.07, 6.45) is 1.20. The van der Waals surface area contributed by atoms with Crippen molar-refractivity contribution in [1.29, 1.82) is 5.26 Å². The van der Waals surface area contributed by atoms with Crippen LogP contribution in [0.5, 0.6) is 0 Å². The van der Waals surface area contributed by atoms with Crippen LogP contribution in [-0.4, -0.2) is 25.0 Å². The molecule has 2 rings (SSSR count). The van der Waals surface area contributed by atoms with Crippen LogP contribution >= 0.6 is 0 Å². The number of carbonyl (C=O) groups is 2. The topological polar surface area (TPSA) is 79.2 Å². The van der Waals surface area contributed by atoms with E-state index < -0.39 is 17.9 Å². The minimum atomic E-state index is -0.768. The molecule has 134 valence electrons. The normalized spacial score (nSPS) is 11.4. The number of nitriles is 1. The molecule has 5 nitrogen and oxygen atoms in total. The smallest absolute Gasteiger partial charge is 0.328 e. The second-order valence-corrected chi connectivity index (χ2v) is 5.89. The summed E-state index contributed by atoms with van der Waals surface area (Å²) in [6, 6.07) is 20.1. The van der Waals surface area contributed by atoms with E-state index in [0.717, 1.165) is 11.1 Å². The van der Waals surface area contributed by atoms with Gasteiger partial charge in [0.25, 0.3) is 0 Å². The number of hydrogen-bond donors (Lipinski definition) is 1. The molecular weight excluding hydrogens is 328 g/mol. The molecule has 0 fully saturated rings. The van der Waals surface area contributed by atoms with E-state index in [1.54, 1.807) is 0 Å². The number of ether oxygens (including phenoxy) is 1. The highest BCUT2D eigenvalue weighted by Crippen LogP contribution is 2.25. The Morgan fingerprint density at radius 1 is 1.04 bits per heavy atom. The Bertz CT molecular complexity index is 714. The maximum atomic E-state index is 13.0. The van der Waals surface area contributed by atoms with Crippen LogP contribution in [0, 0.1) is 11.3 Å². The molecule has 0 aliphatic heterocycles. The van der Waals surface area contributed by atoms with Gasteiger partial charge in [-0.05, 0) is 24.0 Å². The Morgan fingerprint density at radius 3 is 2.04 bits per heavy atom. The summed E-state index contributed by atoms with van der Waals surface area (Å²) in [4.78, 5) is 25.0. The number of hydrogen-bond acceptors (Lipinski definition) is 4. The van der Waals surface area contributed by atoms with Gasteiger partial charge in [0.1, 0.15) is 6.04 Å². The molecule has 1 N–H and O–H groups in total. The minimum Gasteiger partial charge on any atom is -0.467 e. The third-order valence-electron chi connectivity index (χ3n) is 4.11. The van der Waals surface area contributed by atoms with E-state index in [1.165, 1.54) is 7.11 Å². The van der Waals surface area contributed by atoms with Crippen molar-refractivity contribution in [3.63, 3.8) is 0 Å². The number of unbranched alkanes of at least 4 members (excludes halogenated alkanes) is 1. The number of amides is 1. The van der Waals surface area contributed by atoms with Crippen molar-refractivity contribution in [2.24, 2.45) is 0 Å². The summed E-state index contributed by atoms with van der Waals surface area (Å²) in [5, 5.41) is 11.5. The van der Waals surface area contributed by atoms with E-state index >= 15 is 0 Å². The third-order valence-corrected chi connectivity index (χ3v) is 4.11. The van der Waals surface area contributed by atoms with E-state index in [-0.39, 0.29) is 5.91 Å². The first-order valence-corrected chi connectivity index (χ1v) is 8.52. The number of esters is 1. The molecule has 0 aromatic heterocycles. The van der Waals surface area contributed by atoms with Crippen molar-refractivity contribution in [2.75, 3.05) is 7.11 Å². The van der Waals surface area contributed by atoms with Gasteiger partial charge in [-0.3, -0.25) is 4.79 Å². The predicted molar refractivity (Wildman–Crippen MR) is 98.1 cm³/mol. The molecule has 0 aliphatic rings. The number of carbonyl (C=O) groups excluding carboxylic acids is 2. The average Bonchev–Trinajstić information content (AvgIpc) is 2.68. The molecule has 0 aliphatic carbocycles. The van der Waals surface area contributed by atoms with Crippen molar-refractivity contribution < 1.29 is 14.3 Å². The van der Waals surface area contributed by atoms with Crippen LogP contribution in [0.2, 0.25) is 0 Å². The Labute approximate surface area is 153 Å². The van der Waals surface area contributed by atoms with Gasteiger partial charge < -0.3 is 10.1 Å². The zero-order valence-electron chi connectivity index (χ0n) is 14.7. The van der Waals surface area contributed by atoms with E-state index in [4.69, 9.17) is 10.00 Å². The first-order valence-electron chi connectivity index (χ1n) is 8.52. The first-order chi connectivity index (χ1) is 12.7. The standard InChI is InChI=1S/C21H22N2O3/c1-26-21(25)18(14-8-9-15-22)23-20(24)19(16-10-4-2-5-11-16)17-12-6-3-7-13-17/h2-7,10-13,18-19H,8-9,14H2,1H3,(H,23,24)/t18-/m1/s1. The molecule has 0 saturated carbocycles. The van der Waals surface area contributed by atoms with Crippen molar-refractivity contribution >= 4 is 11.9 Å². The second kappa shape index (κ2) is 10.00. The van der Waals surface area contributed by atoms with Crippen LogP contribution in [-0.2, 0) is 14.3 Å². The van der Waals surface area contributed by atoms with Gasteiger partial charge in [0.2, 0.25) is 5.91 Å². The fourth-order valence-electron chi connectivity index (χ4n) is 2.82. The van der Waals surface area contributed by atoms with Gasteiger partial charge in [-0.25, -0.2) is 4.79 Å². The van der Waals surface area contributed by atoms with Crippen LogP contribution in [0.1, 0.15) is 36.3 Å². The van der Waals surface area contributed by atoms with Crippen LogP contribution < -0.4 is 5.32 Å². The van der Waals surface area contributed by atoms with Gasteiger partial charge >= 0.3 is 5.97 Å². The number of nitrogens with zero attached hydrogens (tertiary/aromatic N) is 1. The Morgan fingerprint density at radius 2 is 1.58 bits per heavy atom. The number of methoxy groups -OCH3 is 1. The zero-order chi connectivity index (χ0) is 18.8. The maximum absolute atomic E-state index is 13.0. The molecule has 1 amide bonds. The van der Waals surface area contributed by atoms with Crippen LogP contribution in [0.4, 0.5) is 0 Å². The number of rotatable bonds is 8. The molecule has 26 heavy (non-hydrogen) atoms. The van der Waals surface area contributed by atoms with E-state index in [1.807, 2.05) is 66.7 Å². The number of nitrogens with one attached hydrogen (secondary N) is 1. The number of benzene rings is 2. The Kier molecular flexibility index (Phi) is 7.38. The monoisotopic (exact) mass is 350 g/mol. The van der Waals surface area contributed by atoms with Gasteiger partial charge in [-0.15, -0.1) is 0 Å². The quantitative estimate of drug-likeness (QED) is 0.586. The van der Waals surface area contributed by atoms with Crippen LogP contribution in [0.15, 0.2) is 60.7 Å². The van der Waals surface area contributed by atoms with Gasteiger partial charge in [0.05, 0.1) is 19.1 Å². The minimum absolute atomic E-state index is 0.269. The summed E-state index contributed by atoms with van der Waals surface area (Å²) < 4.78 is 4.80. The predicted octanol–water partition coefficient (Wildman–Crippen LogP) is 3.17. The van der Waals surface area contributed by atoms with Crippen LogP contribution in [0.25, 0.3) is 0 Å². The lowest BCUT2D eigenvalue weighted by Gasteiger charge is -2.22. The molecule has 0 spiro atoms. The fraction of sp³-hybridized carbons (Fsp3) is 0.286. The summed E-state index contributed by atoms with van der Waals surface area (Å²) in [5.74, 6) is -1.30. The Hall–Kier alpha value is -3.13. The van der Waals surface area contributed by atoms with Gasteiger partial charge in [0.15, 0.2) is 0 Å². The highest BCUT2D eigenvalue weighted by molar-refractivity contribution is 5.91. The van der Waals surface area contributed by atoms with E-state index in [9.17, 15) is 9.59 Å². The van der Waals surface area contributed by atoms with Crippen molar-refractivity contribution in [3.05, 3.63) is 71.8 Å². The zero-order valence-corrected chi connectivity index (χ0v) is 14.7. The molecule has 0 bridgehead atoms. The lowest BCUT2D eigenvalue weighted by Crippen LogP contribution is -2.43. The molecule has 0 saturated heterocycles. The van der Waals surface area contributed by atoms with Crippen LogP contribution in [0.3, 0.4) is 0 Å². The molecule has 1 atom stereocenters. The van der Waals surface area contributed by atoms with Crippen molar-refractivity contribution in [1.82, 2.24) is 5.32 Å². The molecule has 0 radical (unpaired) electrons. The highest BCUT2D eigenvalue weighted by atomic mass is 16.5. The summed E-state index contributed by atoms with van der Waals surface area (Å²) >= 11 is 0. The molecule has 0 heterocycles. The lowest BCUT2D eigenvalue weighted by molar-refractivity contribution is -0.145. The van der Waals surface area contributed by atoms with Gasteiger partial charge in [0, 0.05) is 6.42 Å². The SMILES string of the molecule is COC(=O)[C@@H](CCCC#N)NC(=O)C(c1ccccc1)c1ccccc1. The van der Waals surface area contributed by atoms with Gasteiger partial charge in [-0.2, -0.15) is 5.26 Å². The maximum Gasteiger partial charge on any atom is 0.328 e. The molecular formula is C21H22N2O3.